The third kappa shape index (κ3) is 4.86. The number of H-pyrrole nitrogens is 1. The number of anilines is 1. The number of piperazine rings is 1. The van der Waals surface area contributed by atoms with Crippen LogP contribution >= 0.6 is 0 Å². The molecule has 0 spiro atoms. The molecule has 2 aromatic carbocycles. The molecule has 2 aliphatic heterocycles. The van der Waals surface area contributed by atoms with Gasteiger partial charge in [-0.25, -0.2) is 4.98 Å². The summed E-state index contributed by atoms with van der Waals surface area (Å²) in [6, 6.07) is 16.1. The summed E-state index contributed by atoms with van der Waals surface area (Å²) in [5.74, 6) is 2.24. The third-order valence-electron chi connectivity index (χ3n) is 6.11. The van der Waals surface area contributed by atoms with Crippen LogP contribution < -0.4 is 19.9 Å². The number of hydrogen-bond acceptors (Lipinski definition) is 7. The Labute approximate surface area is 192 Å². The second kappa shape index (κ2) is 9.64. The van der Waals surface area contributed by atoms with Crippen molar-refractivity contribution in [2.24, 2.45) is 0 Å². The fraction of sp³-hybridized carbons (Fsp3) is 0.360. The lowest BCUT2D eigenvalue weighted by molar-refractivity contribution is 0.174. The molecule has 3 aromatic rings. The van der Waals surface area contributed by atoms with E-state index >= 15 is 0 Å². The van der Waals surface area contributed by atoms with Crippen LogP contribution in [-0.4, -0.2) is 54.9 Å². The van der Waals surface area contributed by atoms with Crippen molar-refractivity contribution in [2.45, 2.75) is 19.6 Å². The van der Waals surface area contributed by atoms with Crippen molar-refractivity contribution in [2.75, 3.05) is 45.0 Å². The normalized spacial score (nSPS) is 15.7. The largest absolute Gasteiger partial charge is 0.454 e. The number of nitrogens with one attached hydrogen (secondary N) is 1. The molecule has 33 heavy (non-hydrogen) atoms. The zero-order chi connectivity index (χ0) is 22.6. The van der Waals surface area contributed by atoms with E-state index in [0.717, 1.165) is 49.8 Å². The van der Waals surface area contributed by atoms with Gasteiger partial charge in [-0.3, -0.25) is 14.7 Å². The Bertz CT molecular complexity index is 1160. The van der Waals surface area contributed by atoms with E-state index in [2.05, 4.69) is 26.9 Å². The smallest absolute Gasteiger partial charge is 0.256 e. The van der Waals surface area contributed by atoms with Crippen molar-refractivity contribution in [3.63, 3.8) is 0 Å². The molecule has 0 radical (unpaired) electrons. The standard InChI is InChI=1S/C25H28N4O4/c1-31-16-21-20(13-18-5-3-2-4-6-18)24(30)27-25(26-21)29-11-9-28(10-12-29)15-19-7-8-22-23(14-19)33-17-32-22/h2-8,14H,9-13,15-17H2,1H3,(H,26,27,30). The lowest BCUT2D eigenvalue weighted by Gasteiger charge is -2.35. The van der Waals surface area contributed by atoms with E-state index < -0.39 is 0 Å². The zero-order valence-electron chi connectivity index (χ0n) is 18.8. The Balaban J connectivity index is 1.26. The highest BCUT2D eigenvalue weighted by molar-refractivity contribution is 5.44. The van der Waals surface area contributed by atoms with Crippen molar-refractivity contribution >= 4 is 5.95 Å². The van der Waals surface area contributed by atoms with Gasteiger partial charge in [0.2, 0.25) is 12.7 Å². The van der Waals surface area contributed by atoms with Gasteiger partial charge in [0.05, 0.1) is 12.3 Å². The van der Waals surface area contributed by atoms with Gasteiger partial charge >= 0.3 is 0 Å². The van der Waals surface area contributed by atoms with Crippen LogP contribution in [-0.2, 0) is 24.3 Å². The number of aromatic nitrogens is 2. The topological polar surface area (TPSA) is 79.9 Å². The maximum atomic E-state index is 13.0. The Kier molecular flexibility index (Phi) is 6.28. The first kappa shape index (κ1) is 21.5. The molecule has 1 N–H and O–H groups in total. The summed E-state index contributed by atoms with van der Waals surface area (Å²) < 4.78 is 16.2. The number of aromatic amines is 1. The minimum absolute atomic E-state index is 0.0984. The van der Waals surface area contributed by atoms with Crippen LogP contribution in [0.3, 0.4) is 0 Å². The molecular weight excluding hydrogens is 420 g/mol. The van der Waals surface area contributed by atoms with Gasteiger partial charge in [-0.1, -0.05) is 36.4 Å². The summed E-state index contributed by atoms with van der Waals surface area (Å²) in [4.78, 5) is 25.3. The predicted octanol–water partition coefficient (Wildman–Crippen LogP) is 2.56. The van der Waals surface area contributed by atoms with Gasteiger partial charge in [-0.15, -0.1) is 0 Å². The van der Waals surface area contributed by atoms with Crippen molar-refractivity contribution in [3.8, 4) is 11.5 Å². The van der Waals surface area contributed by atoms with Crippen molar-refractivity contribution in [1.29, 1.82) is 0 Å². The first-order chi connectivity index (χ1) is 16.2. The highest BCUT2D eigenvalue weighted by atomic mass is 16.7. The van der Waals surface area contributed by atoms with Crippen molar-refractivity contribution in [3.05, 3.63) is 81.3 Å². The third-order valence-corrected chi connectivity index (χ3v) is 6.11. The fourth-order valence-electron chi connectivity index (χ4n) is 4.33. The summed E-state index contributed by atoms with van der Waals surface area (Å²) in [5, 5.41) is 0. The molecule has 0 saturated carbocycles. The zero-order valence-corrected chi connectivity index (χ0v) is 18.8. The molecule has 8 heteroatoms. The Morgan fingerprint density at radius 3 is 2.58 bits per heavy atom. The summed E-state index contributed by atoms with van der Waals surface area (Å²) in [6.45, 7) is 4.78. The van der Waals surface area contributed by atoms with E-state index in [-0.39, 0.29) is 12.4 Å². The molecule has 2 aliphatic rings. The maximum Gasteiger partial charge on any atom is 0.256 e. The van der Waals surface area contributed by atoms with Crippen LogP contribution in [0, 0.1) is 0 Å². The molecule has 0 aliphatic carbocycles. The predicted molar refractivity (Wildman–Crippen MR) is 125 cm³/mol. The Morgan fingerprint density at radius 1 is 1.00 bits per heavy atom. The van der Waals surface area contributed by atoms with Gasteiger partial charge in [-0.05, 0) is 23.3 Å². The molecular formula is C25H28N4O4. The Morgan fingerprint density at radius 2 is 1.79 bits per heavy atom. The van der Waals surface area contributed by atoms with Crippen LogP contribution in [0.15, 0.2) is 53.3 Å². The monoisotopic (exact) mass is 448 g/mol. The molecule has 0 bridgehead atoms. The van der Waals surface area contributed by atoms with E-state index in [0.29, 0.717) is 30.2 Å². The molecule has 5 rings (SSSR count). The van der Waals surface area contributed by atoms with Gasteiger partial charge < -0.3 is 19.1 Å². The summed E-state index contributed by atoms with van der Waals surface area (Å²) in [5.41, 5.74) is 3.54. The second-order valence-corrected chi connectivity index (χ2v) is 8.36. The average Bonchev–Trinajstić information content (AvgIpc) is 3.30. The molecule has 1 saturated heterocycles. The van der Waals surface area contributed by atoms with E-state index in [1.807, 2.05) is 36.4 Å². The first-order valence-electron chi connectivity index (χ1n) is 11.2. The second-order valence-electron chi connectivity index (χ2n) is 8.36. The average molecular weight is 449 g/mol. The van der Waals surface area contributed by atoms with E-state index in [1.54, 1.807) is 7.11 Å². The number of hydrogen-bond donors (Lipinski definition) is 1. The van der Waals surface area contributed by atoms with Crippen LogP contribution in [0.1, 0.15) is 22.4 Å². The van der Waals surface area contributed by atoms with Crippen LogP contribution in [0.5, 0.6) is 11.5 Å². The number of rotatable bonds is 7. The molecule has 1 fully saturated rings. The Hall–Kier alpha value is -3.36. The molecule has 0 atom stereocenters. The van der Waals surface area contributed by atoms with Gasteiger partial charge in [-0.2, -0.15) is 0 Å². The summed E-state index contributed by atoms with van der Waals surface area (Å²) in [6.07, 6.45) is 0.533. The number of ether oxygens (including phenoxy) is 3. The minimum atomic E-state index is -0.0984. The first-order valence-corrected chi connectivity index (χ1v) is 11.2. The molecule has 1 aromatic heterocycles. The van der Waals surface area contributed by atoms with Crippen LogP contribution in [0.4, 0.5) is 5.95 Å². The molecule has 172 valence electrons. The fourth-order valence-corrected chi connectivity index (χ4v) is 4.33. The highest BCUT2D eigenvalue weighted by Crippen LogP contribution is 2.32. The molecule has 0 amide bonds. The number of fused-ring (bicyclic) bond motifs is 1. The summed E-state index contributed by atoms with van der Waals surface area (Å²) in [7, 11) is 1.63. The van der Waals surface area contributed by atoms with Gasteiger partial charge in [0.15, 0.2) is 11.5 Å². The van der Waals surface area contributed by atoms with Gasteiger partial charge in [0.1, 0.15) is 0 Å². The lowest BCUT2D eigenvalue weighted by atomic mass is 10.0. The van der Waals surface area contributed by atoms with E-state index in [9.17, 15) is 4.79 Å². The van der Waals surface area contributed by atoms with Crippen LogP contribution in [0.2, 0.25) is 0 Å². The minimum Gasteiger partial charge on any atom is -0.454 e. The number of nitrogens with zero attached hydrogens (tertiary/aromatic N) is 3. The summed E-state index contributed by atoms with van der Waals surface area (Å²) >= 11 is 0. The van der Waals surface area contributed by atoms with Crippen LogP contribution in [0.25, 0.3) is 0 Å². The lowest BCUT2D eigenvalue weighted by Crippen LogP contribution is -2.47. The molecule has 0 unspecified atom stereocenters. The van der Waals surface area contributed by atoms with E-state index in [4.69, 9.17) is 19.2 Å². The molecule has 3 heterocycles. The van der Waals surface area contributed by atoms with Crippen molar-refractivity contribution in [1.82, 2.24) is 14.9 Å². The van der Waals surface area contributed by atoms with Gasteiger partial charge in [0, 0.05) is 51.8 Å². The maximum absolute atomic E-state index is 13.0. The van der Waals surface area contributed by atoms with Crippen molar-refractivity contribution < 1.29 is 14.2 Å². The molecule has 8 nitrogen and oxygen atoms in total. The number of benzene rings is 2. The quantitative estimate of drug-likeness (QED) is 0.595. The number of methoxy groups -OCH3 is 1. The highest BCUT2D eigenvalue weighted by Gasteiger charge is 2.22. The van der Waals surface area contributed by atoms with Gasteiger partial charge in [0.25, 0.3) is 5.56 Å². The van der Waals surface area contributed by atoms with E-state index in [1.165, 1.54) is 5.56 Å². The SMILES string of the molecule is COCc1nc(N2CCN(Cc3ccc4c(c3)OCO4)CC2)[nH]c(=O)c1Cc1ccccc1.